The van der Waals surface area contributed by atoms with Crippen molar-refractivity contribution >= 4 is 6.09 Å². The number of piperidine rings is 1. The summed E-state index contributed by atoms with van der Waals surface area (Å²) in [4.78, 5) is 27.8. The highest BCUT2D eigenvalue weighted by Crippen LogP contribution is 2.22. The van der Waals surface area contributed by atoms with Crippen molar-refractivity contribution < 1.29 is 19.5 Å². The first-order chi connectivity index (χ1) is 8.78. The second-order valence-corrected chi connectivity index (χ2v) is 5.76. The van der Waals surface area contributed by atoms with E-state index in [4.69, 9.17) is 4.74 Å². The molecule has 1 fully saturated rings. The molecule has 0 N–H and O–H groups in total. The predicted octanol–water partition coefficient (Wildman–Crippen LogP) is 2.23. The molecule has 1 heterocycles. The van der Waals surface area contributed by atoms with Crippen molar-refractivity contribution in [2.75, 3.05) is 19.7 Å². The van der Waals surface area contributed by atoms with E-state index in [1.165, 1.54) is 0 Å². The summed E-state index contributed by atoms with van der Waals surface area (Å²) >= 11 is 0. The molecule has 7 heteroatoms. The Morgan fingerprint density at radius 1 is 1.37 bits per heavy atom. The van der Waals surface area contributed by atoms with E-state index >= 15 is 0 Å². The van der Waals surface area contributed by atoms with Crippen LogP contribution >= 0.6 is 0 Å². The quantitative estimate of drug-likeness (QED) is 0.580. The Kier molecular flexibility index (Phi) is 5.38. The van der Waals surface area contributed by atoms with Crippen LogP contribution in [-0.4, -0.2) is 41.4 Å². The number of hydrogen-bond donors (Lipinski definition) is 0. The number of likely N-dealkylation sites (tertiary alicyclic amines) is 1. The maximum atomic E-state index is 11.8. The first kappa shape index (κ1) is 15.5. The van der Waals surface area contributed by atoms with Gasteiger partial charge in [-0.15, -0.1) is 10.1 Å². The van der Waals surface area contributed by atoms with Crippen LogP contribution in [0.2, 0.25) is 0 Å². The smallest absolute Gasteiger partial charge is 0.410 e. The van der Waals surface area contributed by atoms with E-state index in [9.17, 15) is 14.9 Å². The molecule has 0 aliphatic carbocycles. The number of nitrogens with zero attached hydrogens (tertiary/aromatic N) is 2. The molecule has 1 aliphatic rings. The van der Waals surface area contributed by atoms with Gasteiger partial charge < -0.3 is 14.5 Å². The molecular weight excluding hydrogens is 252 g/mol. The van der Waals surface area contributed by atoms with E-state index in [1.807, 2.05) is 20.8 Å². The second-order valence-electron chi connectivity index (χ2n) is 5.76. The molecule has 0 unspecified atom stereocenters. The molecule has 0 spiro atoms. The van der Waals surface area contributed by atoms with Crippen molar-refractivity contribution in [2.24, 2.45) is 5.92 Å². The van der Waals surface area contributed by atoms with E-state index in [1.54, 1.807) is 4.90 Å². The lowest BCUT2D eigenvalue weighted by atomic mass is 9.94. The van der Waals surface area contributed by atoms with Gasteiger partial charge in [-0.3, -0.25) is 0 Å². The zero-order chi connectivity index (χ0) is 14.5. The number of ether oxygens (including phenoxy) is 1. The van der Waals surface area contributed by atoms with Gasteiger partial charge in [0.1, 0.15) is 5.60 Å². The molecular formula is C12H22N2O5. The summed E-state index contributed by atoms with van der Waals surface area (Å²) < 4.78 is 5.30. The molecule has 0 aromatic heterocycles. The minimum absolute atomic E-state index is 0.129. The Labute approximate surface area is 113 Å². The van der Waals surface area contributed by atoms with Crippen LogP contribution in [0.1, 0.15) is 40.0 Å². The minimum atomic E-state index is -0.768. The van der Waals surface area contributed by atoms with E-state index in [2.05, 4.69) is 4.84 Å². The highest BCUT2D eigenvalue weighted by Gasteiger charge is 2.26. The second kappa shape index (κ2) is 6.58. The number of hydrogen-bond acceptors (Lipinski definition) is 5. The van der Waals surface area contributed by atoms with Crippen LogP contribution in [0.5, 0.6) is 0 Å². The van der Waals surface area contributed by atoms with Gasteiger partial charge in [-0.2, -0.15) is 0 Å². The van der Waals surface area contributed by atoms with Crippen LogP contribution in [0.3, 0.4) is 0 Å². The Morgan fingerprint density at radius 2 is 1.95 bits per heavy atom. The first-order valence-electron chi connectivity index (χ1n) is 6.53. The van der Waals surface area contributed by atoms with Crippen LogP contribution < -0.4 is 0 Å². The monoisotopic (exact) mass is 274 g/mol. The molecule has 7 nitrogen and oxygen atoms in total. The summed E-state index contributed by atoms with van der Waals surface area (Å²) in [6.45, 7) is 6.92. The number of carbonyl (C=O) groups is 1. The van der Waals surface area contributed by atoms with Crippen molar-refractivity contribution in [1.29, 1.82) is 0 Å². The van der Waals surface area contributed by atoms with Gasteiger partial charge in [0.2, 0.25) is 0 Å². The van der Waals surface area contributed by atoms with Gasteiger partial charge in [0.05, 0.1) is 6.61 Å². The maximum absolute atomic E-state index is 11.8. The van der Waals surface area contributed by atoms with E-state index < -0.39 is 10.7 Å². The van der Waals surface area contributed by atoms with Crippen molar-refractivity contribution in [3.05, 3.63) is 10.1 Å². The van der Waals surface area contributed by atoms with Gasteiger partial charge >= 0.3 is 6.09 Å². The highest BCUT2D eigenvalue weighted by atomic mass is 16.9. The first-order valence-corrected chi connectivity index (χ1v) is 6.53. The largest absolute Gasteiger partial charge is 0.444 e. The normalized spacial score (nSPS) is 17.1. The standard InChI is InChI=1S/C12H22N2O5/c1-12(2,3)19-11(15)13-7-4-10(5-8-13)6-9-18-14(16)17/h10H,4-9H2,1-3H3. The van der Waals surface area contributed by atoms with Crippen molar-refractivity contribution in [3.8, 4) is 0 Å². The minimum Gasteiger partial charge on any atom is -0.444 e. The fourth-order valence-corrected chi connectivity index (χ4v) is 2.02. The van der Waals surface area contributed by atoms with Gasteiger partial charge in [-0.1, -0.05) is 0 Å². The zero-order valence-electron chi connectivity index (χ0n) is 11.8. The van der Waals surface area contributed by atoms with Crippen molar-refractivity contribution in [1.82, 2.24) is 4.90 Å². The van der Waals surface area contributed by atoms with Crippen LogP contribution in [0.25, 0.3) is 0 Å². The molecule has 0 saturated carbocycles. The third-order valence-electron chi connectivity index (χ3n) is 2.99. The van der Waals surface area contributed by atoms with Gasteiger partial charge in [0.15, 0.2) is 0 Å². The molecule has 0 radical (unpaired) electrons. The average molecular weight is 274 g/mol. The van der Waals surface area contributed by atoms with Crippen molar-refractivity contribution in [3.63, 3.8) is 0 Å². The Hall–Kier alpha value is -1.53. The number of amides is 1. The maximum Gasteiger partial charge on any atom is 0.410 e. The fraction of sp³-hybridized carbons (Fsp3) is 0.917. The molecule has 19 heavy (non-hydrogen) atoms. The van der Waals surface area contributed by atoms with Crippen LogP contribution in [-0.2, 0) is 9.57 Å². The summed E-state index contributed by atoms with van der Waals surface area (Å²) in [5, 5.41) is 9.26. The molecule has 0 bridgehead atoms. The lowest BCUT2D eigenvalue weighted by Crippen LogP contribution is -2.41. The van der Waals surface area contributed by atoms with E-state index in [0.29, 0.717) is 25.4 Å². The molecule has 0 atom stereocenters. The number of carbonyl (C=O) groups excluding carboxylic acids is 1. The van der Waals surface area contributed by atoms with Gasteiger partial charge in [-0.25, -0.2) is 4.79 Å². The molecule has 1 rings (SSSR count). The summed E-state index contributed by atoms with van der Waals surface area (Å²) in [5.41, 5.74) is -0.479. The van der Waals surface area contributed by atoms with Crippen LogP contribution in [0.4, 0.5) is 4.79 Å². The third-order valence-corrected chi connectivity index (χ3v) is 2.99. The van der Waals surface area contributed by atoms with Crippen molar-refractivity contribution in [2.45, 2.75) is 45.6 Å². The number of rotatable bonds is 4. The molecule has 110 valence electrons. The lowest BCUT2D eigenvalue weighted by molar-refractivity contribution is -0.758. The summed E-state index contributed by atoms with van der Waals surface area (Å²) in [5.74, 6) is 0.374. The van der Waals surface area contributed by atoms with E-state index in [-0.39, 0.29) is 12.7 Å². The molecule has 1 aliphatic heterocycles. The predicted molar refractivity (Wildman–Crippen MR) is 68.1 cm³/mol. The molecule has 0 aromatic carbocycles. The average Bonchev–Trinajstić information content (AvgIpc) is 2.27. The van der Waals surface area contributed by atoms with Crippen LogP contribution in [0.15, 0.2) is 0 Å². The Balaban J connectivity index is 2.25. The topological polar surface area (TPSA) is 81.9 Å². The van der Waals surface area contributed by atoms with E-state index in [0.717, 1.165) is 12.8 Å². The zero-order valence-corrected chi connectivity index (χ0v) is 11.8. The lowest BCUT2D eigenvalue weighted by Gasteiger charge is -2.33. The van der Waals surface area contributed by atoms with Gasteiger partial charge in [-0.05, 0) is 46.0 Å². The molecule has 1 amide bonds. The Bertz CT molecular complexity index is 319. The summed E-state index contributed by atoms with van der Waals surface area (Å²) in [6, 6.07) is 0. The molecule has 0 aromatic rings. The molecule has 1 saturated heterocycles. The highest BCUT2D eigenvalue weighted by molar-refractivity contribution is 5.68. The summed E-state index contributed by atoms with van der Waals surface area (Å²) in [6.07, 6.45) is 2.04. The van der Waals surface area contributed by atoms with Gasteiger partial charge in [0.25, 0.3) is 5.09 Å². The third kappa shape index (κ3) is 6.26. The Morgan fingerprint density at radius 3 is 2.42 bits per heavy atom. The fourth-order valence-electron chi connectivity index (χ4n) is 2.02. The van der Waals surface area contributed by atoms with Gasteiger partial charge in [0, 0.05) is 13.1 Å². The van der Waals surface area contributed by atoms with Crippen LogP contribution in [0, 0.1) is 16.0 Å². The summed E-state index contributed by atoms with van der Waals surface area (Å²) in [7, 11) is 0. The SMILES string of the molecule is CC(C)(C)OC(=O)N1CCC(CCO[N+](=O)[O-])CC1.